The average Bonchev–Trinajstić information content (AvgIpc) is 2.25. The van der Waals surface area contributed by atoms with Gasteiger partial charge in [0.2, 0.25) is 0 Å². The number of nitrogens with one attached hydrogen (secondary N) is 1. The molecule has 0 aliphatic rings. The minimum absolute atomic E-state index is 0.447. The summed E-state index contributed by atoms with van der Waals surface area (Å²) >= 11 is 0. The van der Waals surface area contributed by atoms with Crippen molar-refractivity contribution in [3.8, 4) is 0 Å². The molecule has 90 valence electrons. The van der Waals surface area contributed by atoms with Gasteiger partial charge < -0.3 is 10.2 Å². The van der Waals surface area contributed by atoms with E-state index >= 15 is 0 Å². The van der Waals surface area contributed by atoms with Crippen molar-refractivity contribution < 1.29 is 0 Å². The molecule has 0 aliphatic carbocycles. The number of aryl methyl sites for hydroxylation is 1. The zero-order valence-electron chi connectivity index (χ0n) is 11.0. The Balaban J connectivity index is 2.29. The van der Waals surface area contributed by atoms with Crippen LogP contribution in [-0.4, -0.2) is 32.1 Å². The largest absolute Gasteiger partial charge is 0.310 e. The number of hydrogen-bond donors (Lipinski definition) is 1. The van der Waals surface area contributed by atoms with Crippen LogP contribution in [0.3, 0.4) is 0 Å². The highest BCUT2D eigenvalue weighted by Crippen LogP contribution is 2.12. The molecule has 0 saturated heterocycles. The summed E-state index contributed by atoms with van der Waals surface area (Å²) < 4.78 is 0. The lowest BCUT2D eigenvalue weighted by atomic mass is 10.1. The second-order valence-electron chi connectivity index (χ2n) is 4.74. The quantitative estimate of drug-likeness (QED) is 0.741. The molecular formula is C14H24N2. The van der Waals surface area contributed by atoms with Gasteiger partial charge >= 0.3 is 0 Å². The first-order valence-corrected chi connectivity index (χ1v) is 6.04. The van der Waals surface area contributed by atoms with Crippen molar-refractivity contribution >= 4 is 0 Å². The van der Waals surface area contributed by atoms with Crippen molar-refractivity contribution in [1.29, 1.82) is 0 Å². The van der Waals surface area contributed by atoms with Crippen LogP contribution in [0.15, 0.2) is 24.3 Å². The van der Waals surface area contributed by atoms with Crippen LogP contribution in [0.5, 0.6) is 0 Å². The van der Waals surface area contributed by atoms with E-state index in [1.807, 2.05) is 0 Å². The Kier molecular flexibility index (Phi) is 5.50. The Morgan fingerprint density at radius 1 is 1.19 bits per heavy atom. The predicted octanol–water partition coefficient (Wildman–Crippen LogP) is 2.60. The summed E-state index contributed by atoms with van der Waals surface area (Å²) in [5.74, 6) is 0. The SMILES string of the molecule is Cc1ccc([C@@H](C)NCCCN(C)C)cc1. The van der Waals surface area contributed by atoms with E-state index in [0.29, 0.717) is 6.04 Å². The molecule has 0 spiro atoms. The summed E-state index contributed by atoms with van der Waals surface area (Å²) in [5.41, 5.74) is 2.69. The second kappa shape index (κ2) is 6.66. The number of rotatable bonds is 6. The van der Waals surface area contributed by atoms with E-state index in [2.05, 4.69) is 62.4 Å². The molecule has 1 aromatic carbocycles. The van der Waals surface area contributed by atoms with E-state index in [4.69, 9.17) is 0 Å². The molecule has 2 heteroatoms. The summed E-state index contributed by atoms with van der Waals surface area (Å²) in [6, 6.07) is 9.21. The zero-order chi connectivity index (χ0) is 12.0. The van der Waals surface area contributed by atoms with Crippen LogP contribution in [0, 0.1) is 6.92 Å². The smallest absolute Gasteiger partial charge is 0.0291 e. The summed E-state index contributed by atoms with van der Waals surface area (Å²) in [7, 11) is 4.23. The Morgan fingerprint density at radius 3 is 2.38 bits per heavy atom. The van der Waals surface area contributed by atoms with Crippen LogP contribution in [0.4, 0.5) is 0 Å². The number of nitrogens with zero attached hydrogens (tertiary/aromatic N) is 1. The topological polar surface area (TPSA) is 15.3 Å². The highest BCUT2D eigenvalue weighted by Gasteiger charge is 2.03. The standard InChI is InChI=1S/C14H24N2/c1-12-6-8-14(9-7-12)13(2)15-10-5-11-16(3)4/h6-9,13,15H,5,10-11H2,1-4H3/t13-/m1/s1. The Hall–Kier alpha value is -0.860. The van der Waals surface area contributed by atoms with Gasteiger partial charge in [-0.2, -0.15) is 0 Å². The van der Waals surface area contributed by atoms with Crippen molar-refractivity contribution in [3.63, 3.8) is 0 Å². The molecule has 1 atom stereocenters. The molecule has 0 fully saturated rings. The molecule has 1 rings (SSSR count). The van der Waals surface area contributed by atoms with Crippen LogP contribution in [0.25, 0.3) is 0 Å². The van der Waals surface area contributed by atoms with E-state index in [-0.39, 0.29) is 0 Å². The van der Waals surface area contributed by atoms with Crippen LogP contribution in [-0.2, 0) is 0 Å². The lowest BCUT2D eigenvalue weighted by molar-refractivity contribution is 0.389. The van der Waals surface area contributed by atoms with Gasteiger partial charge in [-0.3, -0.25) is 0 Å². The summed E-state index contributed by atoms with van der Waals surface area (Å²) in [6.07, 6.45) is 1.20. The third kappa shape index (κ3) is 4.77. The molecule has 1 N–H and O–H groups in total. The molecule has 16 heavy (non-hydrogen) atoms. The van der Waals surface area contributed by atoms with E-state index in [0.717, 1.165) is 13.1 Å². The molecule has 2 nitrogen and oxygen atoms in total. The summed E-state index contributed by atoms with van der Waals surface area (Å²) in [5, 5.41) is 3.55. The van der Waals surface area contributed by atoms with Crippen molar-refractivity contribution in [2.75, 3.05) is 27.2 Å². The van der Waals surface area contributed by atoms with Gasteiger partial charge in [-0.25, -0.2) is 0 Å². The maximum atomic E-state index is 3.55. The monoisotopic (exact) mass is 220 g/mol. The van der Waals surface area contributed by atoms with Gasteiger partial charge in [0.25, 0.3) is 0 Å². The first-order chi connectivity index (χ1) is 7.59. The first kappa shape index (κ1) is 13.2. The van der Waals surface area contributed by atoms with Crippen LogP contribution in [0.2, 0.25) is 0 Å². The highest BCUT2D eigenvalue weighted by molar-refractivity contribution is 5.23. The van der Waals surface area contributed by atoms with Gasteiger partial charge in [0.05, 0.1) is 0 Å². The Labute approximate surface area is 99.7 Å². The van der Waals surface area contributed by atoms with E-state index in [9.17, 15) is 0 Å². The Bertz CT molecular complexity index is 290. The third-order valence-corrected chi connectivity index (χ3v) is 2.81. The third-order valence-electron chi connectivity index (χ3n) is 2.81. The zero-order valence-corrected chi connectivity index (χ0v) is 11.0. The Morgan fingerprint density at radius 2 is 1.81 bits per heavy atom. The summed E-state index contributed by atoms with van der Waals surface area (Å²) in [6.45, 7) is 6.57. The fourth-order valence-corrected chi connectivity index (χ4v) is 1.69. The molecule has 0 heterocycles. The van der Waals surface area contributed by atoms with Gasteiger partial charge in [-0.15, -0.1) is 0 Å². The maximum absolute atomic E-state index is 3.55. The van der Waals surface area contributed by atoms with Gasteiger partial charge in [0, 0.05) is 6.04 Å². The minimum atomic E-state index is 0.447. The van der Waals surface area contributed by atoms with Crippen molar-refractivity contribution in [3.05, 3.63) is 35.4 Å². The molecule has 0 amide bonds. The van der Waals surface area contributed by atoms with Crippen LogP contribution < -0.4 is 5.32 Å². The van der Waals surface area contributed by atoms with E-state index in [1.165, 1.54) is 17.5 Å². The van der Waals surface area contributed by atoms with E-state index < -0.39 is 0 Å². The molecule has 0 saturated carbocycles. The van der Waals surface area contributed by atoms with Gasteiger partial charge in [0.15, 0.2) is 0 Å². The number of benzene rings is 1. The molecular weight excluding hydrogens is 196 g/mol. The first-order valence-electron chi connectivity index (χ1n) is 6.04. The molecule has 1 aromatic rings. The minimum Gasteiger partial charge on any atom is -0.310 e. The highest BCUT2D eigenvalue weighted by atomic mass is 15.1. The lowest BCUT2D eigenvalue weighted by Gasteiger charge is -2.15. The molecule has 0 radical (unpaired) electrons. The van der Waals surface area contributed by atoms with E-state index in [1.54, 1.807) is 0 Å². The van der Waals surface area contributed by atoms with Gasteiger partial charge in [0.1, 0.15) is 0 Å². The normalized spacial score (nSPS) is 13.1. The predicted molar refractivity (Wildman–Crippen MR) is 70.8 cm³/mol. The second-order valence-corrected chi connectivity index (χ2v) is 4.74. The molecule has 0 unspecified atom stereocenters. The van der Waals surface area contributed by atoms with Gasteiger partial charge in [-0.05, 0) is 53.0 Å². The maximum Gasteiger partial charge on any atom is 0.0291 e. The van der Waals surface area contributed by atoms with Crippen LogP contribution >= 0.6 is 0 Å². The summed E-state index contributed by atoms with van der Waals surface area (Å²) in [4.78, 5) is 2.22. The van der Waals surface area contributed by atoms with Gasteiger partial charge in [-0.1, -0.05) is 29.8 Å². The molecule has 0 aromatic heterocycles. The van der Waals surface area contributed by atoms with Crippen molar-refractivity contribution in [1.82, 2.24) is 10.2 Å². The average molecular weight is 220 g/mol. The fraction of sp³-hybridized carbons (Fsp3) is 0.571. The van der Waals surface area contributed by atoms with Crippen LogP contribution in [0.1, 0.15) is 30.5 Å². The molecule has 0 aliphatic heterocycles. The molecule has 0 bridgehead atoms. The lowest BCUT2D eigenvalue weighted by Crippen LogP contribution is -2.23. The number of hydrogen-bond acceptors (Lipinski definition) is 2. The van der Waals surface area contributed by atoms with Crippen molar-refractivity contribution in [2.24, 2.45) is 0 Å². The fourth-order valence-electron chi connectivity index (χ4n) is 1.69. The van der Waals surface area contributed by atoms with Crippen molar-refractivity contribution in [2.45, 2.75) is 26.3 Å².